The van der Waals surface area contributed by atoms with Crippen LogP contribution < -0.4 is 10.6 Å². The molecule has 2 amide bonds. The molecule has 0 aromatic heterocycles. The molecule has 0 radical (unpaired) electrons. The van der Waals surface area contributed by atoms with E-state index in [2.05, 4.69) is 10.6 Å². The van der Waals surface area contributed by atoms with Crippen molar-refractivity contribution in [2.24, 2.45) is 0 Å². The van der Waals surface area contributed by atoms with Crippen LogP contribution in [0.2, 0.25) is 10.0 Å². The Kier molecular flexibility index (Phi) is 5.41. The Labute approximate surface area is 155 Å². The Balaban J connectivity index is 1.64. The molecule has 0 bridgehead atoms. The summed E-state index contributed by atoms with van der Waals surface area (Å²) in [5.74, 6) is -0.437. The average molecular weight is 375 g/mol. The van der Waals surface area contributed by atoms with Gasteiger partial charge in [-0.15, -0.1) is 0 Å². The minimum atomic E-state index is -0.314. The van der Waals surface area contributed by atoms with Gasteiger partial charge in [0.15, 0.2) is 0 Å². The number of rotatable bonds is 5. The molecule has 6 heteroatoms. The van der Waals surface area contributed by atoms with Crippen molar-refractivity contribution in [3.05, 3.63) is 69.7 Å². The lowest BCUT2D eigenvalue weighted by Crippen LogP contribution is -2.25. The van der Waals surface area contributed by atoms with Gasteiger partial charge in [-0.1, -0.05) is 35.3 Å². The lowest BCUT2D eigenvalue weighted by Gasteiger charge is -2.06. The maximum atomic E-state index is 12.1. The predicted octanol–water partition coefficient (Wildman–Crippen LogP) is 4.54. The van der Waals surface area contributed by atoms with Crippen molar-refractivity contribution in [1.82, 2.24) is 5.32 Å². The van der Waals surface area contributed by atoms with Gasteiger partial charge in [0.2, 0.25) is 5.91 Å². The fraction of sp³-hybridized carbons (Fsp3) is 0.158. The number of carbonyl (C=O) groups excluding carboxylic acids is 2. The smallest absolute Gasteiger partial charge is 0.251 e. The van der Waals surface area contributed by atoms with Crippen molar-refractivity contribution in [3.63, 3.8) is 0 Å². The van der Waals surface area contributed by atoms with Crippen LogP contribution in [0.5, 0.6) is 0 Å². The molecule has 128 valence electrons. The molecular weight excluding hydrogens is 359 g/mol. The van der Waals surface area contributed by atoms with E-state index in [1.165, 1.54) is 6.08 Å². The van der Waals surface area contributed by atoms with E-state index in [9.17, 15) is 9.59 Å². The highest BCUT2D eigenvalue weighted by Gasteiger charge is 2.23. The van der Waals surface area contributed by atoms with Crippen LogP contribution in [-0.4, -0.2) is 17.9 Å². The summed E-state index contributed by atoms with van der Waals surface area (Å²) in [6.07, 6.45) is 5.05. The lowest BCUT2D eigenvalue weighted by molar-refractivity contribution is -0.111. The summed E-state index contributed by atoms with van der Waals surface area (Å²) in [6, 6.07) is 12.2. The van der Waals surface area contributed by atoms with Crippen molar-refractivity contribution in [2.45, 2.75) is 18.9 Å². The molecule has 0 spiro atoms. The van der Waals surface area contributed by atoms with E-state index in [1.807, 2.05) is 0 Å². The molecule has 0 unspecified atom stereocenters. The van der Waals surface area contributed by atoms with E-state index < -0.39 is 0 Å². The highest BCUT2D eigenvalue weighted by atomic mass is 35.5. The Hall–Kier alpha value is -2.30. The Morgan fingerprint density at radius 1 is 1.08 bits per heavy atom. The number of amides is 2. The predicted molar refractivity (Wildman–Crippen MR) is 101 cm³/mol. The van der Waals surface area contributed by atoms with Crippen molar-refractivity contribution in [2.75, 3.05) is 5.32 Å². The van der Waals surface area contributed by atoms with Gasteiger partial charge in [-0.2, -0.15) is 0 Å². The Morgan fingerprint density at radius 3 is 2.60 bits per heavy atom. The molecule has 0 saturated heterocycles. The number of nitrogens with one attached hydrogen (secondary N) is 2. The van der Waals surface area contributed by atoms with Crippen LogP contribution >= 0.6 is 23.2 Å². The molecule has 4 nitrogen and oxygen atoms in total. The average Bonchev–Trinajstić information content (AvgIpc) is 3.38. The number of hydrogen-bond donors (Lipinski definition) is 2. The summed E-state index contributed by atoms with van der Waals surface area (Å²) >= 11 is 11.9. The molecule has 3 rings (SSSR count). The fourth-order valence-corrected chi connectivity index (χ4v) is 2.69. The monoisotopic (exact) mass is 374 g/mol. The van der Waals surface area contributed by atoms with E-state index in [-0.39, 0.29) is 17.9 Å². The SMILES string of the molecule is O=C(/C=C/c1ccc(Cl)cc1Cl)Nc1cccc(C(=O)NC2CC2)c1. The molecule has 2 N–H and O–H groups in total. The first-order valence-electron chi connectivity index (χ1n) is 7.86. The largest absolute Gasteiger partial charge is 0.349 e. The molecule has 1 fully saturated rings. The van der Waals surface area contributed by atoms with Crippen LogP contribution in [0.1, 0.15) is 28.8 Å². The second-order valence-electron chi connectivity index (χ2n) is 5.82. The van der Waals surface area contributed by atoms with Crippen molar-refractivity contribution in [3.8, 4) is 0 Å². The molecule has 2 aromatic carbocycles. The quantitative estimate of drug-likeness (QED) is 0.754. The van der Waals surface area contributed by atoms with E-state index in [1.54, 1.807) is 48.5 Å². The van der Waals surface area contributed by atoms with Gasteiger partial charge in [0.25, 0.3) is 5.91 Å². The standard InChI is InChI=1S/C19H16Cl2N2O2/c20-14-6-4-12(17(21)11-14)5-9-18(24)22-16-3-1-2-13(10-16)19(25)23-15-7-8-15/h1-6,9-11,15H,7-8H2,(H,22,24)(H,23,25)/b9-5+. The molecule has 25 heavy (non-hydrogen) atoms. The molecule has 1 saturated carbocycles. The third-order valence-electron chi connectivity index (χ3n) is 3.68. The van der Waals surface area contributed by atoms with E-state index in [0.717, 1.165) is 12.8 Å². The highest BCUT2D eigenvalue weighted by Crippen LogP contribution is 2.22. The molecule has 0 atom stereocenters. The zero-order valence-electron chi connectivity index (χ0n) is 13.3. The normalized spacial score (nSPS) is 13.7. The number of anilines is 1. The molecule has 1 aliphatic carbocycles. The van der Waals surface area contributed by atoms with Crippen molar-refractivity contribution >= 4 is 46.8 Å². The van der Waals surface area contributed by atoms with Crippen LogP contribution in [0, 0.1) is 0 Å². The Morgan fingerprint density at radius 2 is 1.88 bits per heavy atom. The zero-order valence-corrected chi connectivity index (χ0v) is 14.8. The third-order valence-corrected chi connectivity index (χ3v) is 4.24. The first-order valence-corrected chi connectivity index (χ1v) is 8.62. The number of halogens is 2. The fourth-order valence-electron chi connectivity index (χ4n) is 2.22. The van der Waals surface area contributed by atoms with E-state index in [0.29, 0.717) is 26.9 Å². The van der Waals surface area contributed by atoms with Gasteiger partial charge < -0.3 is 10.6 Å². The van der Waals surface area contributed by atoms with Crippen LogP contribution in [0.4, 0.5) is 5.69 Å². The third kappa shape index (κ3) is 5.08. The van der Waals surface area contributed by atoms with Gasteiger partial charge >= 0.3 is 0 Å². The molecular formula is C19H16Cl2N2O2. The molecule has 0 aliphatic heterocycles. The van der Waals surface area contributed by atoms with E-state index >= 15 is 0 Å². The van der Waals surface area contributed by atoms with Crippen LogP contribution in [0.15, 0.2) is 48.5 Å². The first-order chi connectivity index (χ1) is 12.0. The molecule has 0 heterocycles. The number of hydrogen-bond acceptors (Lipinski definition) is 2. The summed E-state index contributed by atoms with van der Waals surface area (Å²) in [5, 5.41) is 6.65. The summed E-state index contributed by atoms with van der Waals surface area (Å²) in [6.45, 7) is 0. The van der Waals surface area contributed by atoms with Gasteiger partial charge in [0.1, 0.15) is 0 Å². The summed E-state index contributed by atoms with van der Waals surface area (Å²) in [5.41, 5.74) is 1.77. The van der Waals surface area contributed by atoms with Crippen molar-refractivity contribution in [1.29, 1.82) is 0 Å². The lowest BCUT2D eigenvalue weighted by atomic mass is 10.2. The zero-order chi connectivity index (χ0) is 17.8. The van der Waals surface area contributed by atoms with Gasteiger partial charge in [-0.05, 0) is 54.8 Å². The number of benzene rings is 2. The first kappa shape index (κ1) is 17.5. The van der Waals surface area contributed by atoms with Crippen LogP contribution in [0.25, 0.3) is 6.08 Å². The minimum absolute atomic E-state index is 0.123. The van der Waals surface area contributed by atoms with Gasteiger partial charge in [0.05, 0.1) is 0 Å². The summed E-state index contributed by atoms with van der Waals surface area (Å²) in [4.78, 5) is 24.1. The van der Waals surface area contributed by atoms with E-state index in [4.69, 9.17) is 23.2 Å². The minimum Gasteiger partial charge on any atom is -0.349 e. The summed E-state index contributed by atoms with van der Waals surface area (Å²) < 4.78 is 0. The van der Waals surface area contributed by atoms with Crippen LogP contribution in [0.3, 0.4) is 0 Å². The second kappa shape index (κ2) is 7.72. The van der Waals surface area contributed by atoms with Gasteiger partial charge in [-0.25, -0.2) is 0 Å². The maximum Gasteiger partial charge on any atom is 0.251 e. The number of carbonyl (C=O) groups is 2. The van der Waals surface area contributed by atoms with Gasteiger partial charge in [0, 0.05) is 33.4 Å². The van der Waals surface area contributed by atoms with Crippen molar-refractivity contribution < 1.29 is 9.59 Å². The van der Waals surface area contributed by atoms with Gasteiger partial charge in [-0.3, -0.25) is 9.59 Å². The maximum absolute atomic E-state index is 12.1. The molecule has 1 aliphatic rings. The van der Waals surface area contributed by atoms with Crippen LogP contribution in [-0.2, 0) is 4.79 Å². The highest BCUT2D eigenvalue weighted by molar-refractivity contribution is 6.35. The summed E-state index contributed by atoms with van der Waals surface area (Å²) in [7, 11) is 0. The second-order valence-corrected chi connectivity index (χ2v) is 6.66. The Bertz CT molecular complexity index is 845. The topological polar surface area (TPSA) is 58.2 Å². The molecule has 2 aromatic rings.